The number of nitrogens with one attached hydrogen (secondary N) is 5. The first kappa shape index (κ1) is 68.8. The molecule has 27 nitrogen and oxygen atoms in total. The van der Waals surface area contributed by atoms with Gasteiger partial charge in [0.2, 0.25) is 29.7 Å². The summed E-state index contributed by atoms with van der Waals surface area (Å²) in [6, 6.07) is 19.9. The Morgan fingerprint density at radius 2 is 0.780 bits per heavy atom. The quantitative estimate of drug-likeness (QED) is 0.0529. The Kier molecular flexibility index (Phi) is 20.1. The lowest BCUT2D eigenvalue weighted by molar-refractivity contribution is 0.100. The zero-order valence-electron chi connectivity index (χ0n) is 54.4. The van der Waals surface area contributed by atoms with Gasteiger partial charge in [-0.1, -0.05) is 52.5 Å². The molecule has 0 amide bonds. The molecule has 0 atom stereocenters. The lowest BCUT2D eigenvalue weighted by atomic mass is 10.2. The predicted molar refractivity (Wildman–Crippen MR) is 381 cm³/mol. The summed E-state index contributed by atoms with van der Waals surface area (Å²) in [5.74, 6) is 2.74. The number of nitrogens with zero attached hydrogens (tertiary/aromatic N) is 16. The van der Waals surface area contributed by atoms with Gasteiger partial charge < -0.3 is 34.6 Å². The molecule has 0 aliphatic carbocycles. The van der Waals surface area contributed by atoms with Gasteiger partial charge in [-0.05, 0) is 115 Å². The van der Waals surface area contributed by atoms with E-state index in [9.17, 15) is 28.4 Å². The molecular weight excluding hydrogens is 1390 g/mol. The van der Waals surface area contributed by atoms with Crippen LogP contribution in [0.2, 0.25) is 20.1 Å². The first-order valence-electron chi connectivity index (χ1n) is 30.5. The van der Waals surface area contributed by atoms with Gasteiger partial charge in [-0.2, -0.15) is 25.5 Å². The van der Waals surface area contributed by atoms with E-state index in [0.717, 1.165) is 73.1 Å². The molecule has 0 unspecified atom stereocenters. The van der Waals surface area contributed by atoms with Gasteiger partial charge in [-0.25, -0.2) is 52.7 Å². The number of imidazole rings is 5. The van der Waals surface area contributed by atoms with E-state index in [1.54, 1.807) is 82.2 Å². The lowest BCUT2D eigenvalue weighted by Crippen LogP contribution is -2.17. The number of Topliss-reactive ketones (excluding diaryl/α,β-unsaturated/α-hetero) is 5. The van der Waals surface area contributed by atoms with E-state index in [0.29, 0.717) is 84.2 Å². The zero-order chi connectivity index (χ0) is 70.8. The fraction of sp³-hybridized carbons (Fsp3) is 0.179. The Labute approximate surface area is 590 Å². The van der Waals surface area contributed by atoms with E-state index < -0.39 is 5.82 Å². The van der Waals surface area contributed by atoms with Gasteiger partial charge >= 0.3 is 0 Å². The smallest absolute Gasteiger partial charge is 0.229 e. The third-order valence-corrected chi connectivity index (χ3v) is 17.7. The van der Waals surface area contributed by atoms with Gasteiger partial charge in [-0.3, -0.25) is 24.0 Å². The monoisotopic (exact) mass is 1440 g/mol. The van der Waals surface area contributed by atoms with E-state index in [-0.39, 0.29) is 33.9 Å². The van der Waals surface area contributed by atoms with Gasteiger partial charge in [-0.15, -0.1) is 11.8 Å². The number of anilines is 1. The van der Waals surface area contributed by atoms with Crippen molar-refractivity contribution in [1.82, 2.24) is 98.7 Å². The maximum absolute atomic E-state index is 13.3. The molecule has 0 saturated carbocycles. The van der Waals surface area contributed by atoms with Crippen LogP contribution in [0.25, 0.3) is 84.9 Å². The Morgan fingerprint density at radius 1 is 0.440 bits per heavy atom. The summed E-state index contributed by atoms with van der Waals surface area (Å²) in [6.07, 6.45) is 20.1. The topological polar surface area (TPSA) is 330 Å². The first-order chi connectivity index (χ1) is 47.9. The van der Waals surface area contributed by atoms with Crippen LogP contribution in [-0.2, 0) is 0 Å². The summed E-state index contributed by atoms with van der Waals surface area (Å²) in [6.45, 7) is 11.6. The molecular formula is C67H58Cl4FN21O6S. The van der Waals surface area contributed by atoms with Gasteiger partial charge in [0, 0.05) is 56.2 Å². The normalized spacial score (nSPS) is 11.9. The maximum Gasteiger partial charge on any atom is 0.229 e. The summed E-state index contributed by atoms with van der Waals surface area (Å²) in [7, 11) is 1.64. The van der Waals surface area contributed by atoms with Gasteiger partial charge in [0.15, 0.2) is 28.9 Å². The summed E-state index contributed by atoms with van der Waals surface area (Å²) in [4.78, 5) is 97.3. The number of carbonyl (C=O) groups excluding carboxylic acids is 5. The molecule has 0 bridgehead atoms. The molecule has 1 aliphatic heterocycles. The molecule has 100 heavy (non-hydrogen) atoms. The van der Waals surface area contributed by atoms with E-state index in [4.69, 9.17) is 51.1 Å². The third-order valence-electron chi connectivity index (χ3n) is 15.6. The van der Waals surface area contributed by atoms with Gasteiger partial charge in [0.25, 0.3) is 0 Å². The Hall–Kier alpha value is -11.1. The molecule has 508 valence electrons. The highest BCUT2D eigenvalue weighted by molar-refractivity contribution is 7.98. The number of H-pyrrole nitrogens is 5. The Bertz CT molecular complexity index is 5370. The van der Waals surface area contributed by atoms with Crippen LogP contribution in [0.15, 0.2) is 134 Å². The number of aromatic nitrogens is 20. The summed E-state index contributed by atoms with van der Waals surface area (Å²) < 4.78 is 26.3. The molecule has 16 rings (SSSR count). The fourth-order valence-corrected chi connectivity index (χ4v) is 11.6. The van der Waals surface area contributed by atoms with Crippen molar-refractivity contribution in [3.63, 3.8) is 0 Å². The van der Waals surface area contributed by atoms with Crippen LogP contribution in [-0.4, -0.2) is 154 Å². The molecule has 33 heteroatoms. The van der Waals surface area contributed by atoms with Crippen LogP contribution in [0.3, 0.4) is 0 Å². The Balaban J connectivity index is 0.000000119. The summed E-state index contributed by atoms with van der Waals surface area (Å²) >= 11 is 25.6. The molecule has 5 aromatic carbocycles. The highest BCUT2D eigenvalue weighted by Crippen LogP contribution is 2.35. The number of fused-ring (bicyclic) bond motifs is 5. The second kappa shape index (κ2) is 29.1. The number of thioether (sulfide) groups is 1. The number of ketones is 5. The molecule has 1 saturated heterocycles. The molecule has 10 aromatic heterocycles. The number of benzene rings is 5. The van der Waals surface area contributed by atoms with Gasteiger partial charge in [0.05, 0.1) is 152 Å². The second-order valence-electron chi connectivity index (χ2n) is 22.8. The molecule has 0 spiro atoms. The molecule has 0 radical (unpaired) electrons. The van der Waals surface area contributed by atoms with Gasteiger partial charge in [0.1, 0.15) is 11.6 Å². The highest BCUT2D eigenvalue weighted by atomic mass is 35.5. The standard InChI is InChI=1S/C16H16ClN5O.C14H14N4O2S.C13H12N4O.C12H8Cl2N4O.C12H8ClFN4O/c1-10(23)11-8-18-22(9-11)16-19-13-6-12(17)15(7-14(13)20-16)21-4-2-3-5-21;1-8(19)9-6-15-18(7-9)14-16-10-4-12(20-2)13(21-3)5-11(10)17-14;1-8-3-4-11-12(5-8)16-13(15-11)17-7-10(6-14-17)9(2)18;2*1-6(19)7-4-15-18(5-7)12-16-10-2-8(13)9(14)3-11(10)17-12/h6-9H,2-5H2,1H3,(H,19,20);4-7H,1-3H3,(H,16,17);3-7H,1-2H3,(H,15,16);2*2-5H,1H3,(H,16,17). The number of halogens is 5. The maximum atomic E-state index is 13.3. The third kappa shape index (κ3) is 15.1. The minimum absolute atomic E-state index is 0.00629. The fourth-order valence-electron chi connectivity index (χ4n) is 10.3. The lowest BCUT2D eigenvalue weighted by Gasteiger charge is -2.18. The van der Waals surface area contributed by atoms with Crippen molar-refractivity contribution in [1.29, 1.82) is 0 Å². The SMILES string of the molecule is CC(=O)c1cnn(-c2nc3cc(Cl)c(Cl)cc3[nH]2)c1.CC(=O)c1cnn(-c2nc3cc(Cl)c(F)cc3[nH]2)c1.CC(=O)c1cnn(-c2nc3cc(N4CCCC4)c(Cl)cc3[nH]2)c1.CC(=O)c1cnn(-c2nc3ccc(C)cc3[nH]2)c1.COc1cc2[nH]c(-n3cc(C(C)=O)cn3)nc2cc1SC. The average Bonchev–Trinajstić information content (AvgIpc) is 1.63. The largest absolute Gasteiger partial charge is 0.496 e. The number of aromatic amines is 5. The van der Waals surface area contributed by atoms with E-state index in [2.05, 4.69) is 80.2 Å². The molecule has 11 heterocycles. The van der Waals surface area contributed by atoms with Crippen molar-refractivity contribution < 1.29 is 33.1 Å². The number of ether oxygens (including phenoxy) is 1. The van der Waals surface area contributed by atoms with Crippen molar-refractivity contribution in [3.05, 3.63) is 188 Å². The number of hydrogen-bond donors (Lipinski definition) is 5. The molecule has 15 aromatic rings. The average molecular weight is 1450 g/mol. The number of methoxy groups -OCH3 is 1. The summed E-state index contributed by atoms with van der Waals surface area (Å²) in [5.41, 5.74) is 12.6. The van der Waals surface area contributed by atoms with Crippen LogP contribution in [0, 0.1) is 12.7 Å². The predicted octanol–water partition coefficient (Wildman–Crippen LogP) is 14.1. The number of aryl methyl sites for hydroxylation is 1. The minimum Gasteiger partial charge on any atom is -0.496 e. The Morgan fingerprint density at radius 3 is 1.17 bits per heavy atom. The molecule has 1 aliphatic rings. The minimum atomic E-state index is -0.519. The van der Waals surface area contributed by atoms with Crippen molar-refractivity contribution in [2.75, 3.05) is 31.4 Å². The van der Waals surface area contributed by atoms with Crippen molar-refractivity contribution in [3.8, 4) is 35.5 Å². The van der Waals surface area contributed by atoms with Crippen LogP contribution >= 0.6 is 58.2 Å². The van der Waals surface area contributed by atoms with Crippen molar-refractivity contribution >= 4 is 148 Å². The second-order valence-corrected chi connectivity index (χ2v) is 25.3. The van der Waals surface area contributed by atoms with Crippen LogP contribution in [0.1, 0.15) is 105 Å². The van der Waals surface area contributed by atoms with E-state index >= 15 is 0 Å². The van der Waals surface area contributed by atoms with Crippen molar-refractivity contribution in [2.24, 2.45) is 0 Å². The number of carbonyl (C=O) groups is 5. The van der Waals surface area contributed by atoms with Crippen molar-refractivity contribution in [2.45, 2.75) is 59.3 Å². The number of hydrogen-bond acceptors (Lipinski definition) is 18. The highest BCUT2D eigenvalue weighted by Gasteiger charge is 2.20. The zero-order valence-corrected chi connectivity index (χ0v) is 58.2. The summed E-state index contributed by atoms with van der Waals surface area (Å²) in [5, 5.41) is 22.2. The van der Waals surface area contributed by atoms with E-state index in [1.807, 2.05) is 55.6 Å². The first-order valence-corrected chi connectivity index (χ1v) is 33.2. The molecule has 1 fully saturated rings. The van der Waals surface area contributed by atoms with E-state index in [1.165, 1.54) is 99.3 Å². The molecule has 5 N–H and O–H groups in total. The van der Waals surface area contributed by atoms with Crippen LogP contribution in [0.4, 0.5) is 10.1 Å². The van der Waals surface area contributed by atoms with Crippen LogP contribution < -0.4 is 9.64 Å². The van der Waals surface area contributed by atoms with Crippen LogP contribution in [0.5, 0.6) is 5.75 Å². The number of rotatable bonds is 13.